The molecule has 11 heavy (non-hydrogen) atoms. The van der Waals surface area contributed by atoms with Crippen LogP contribution in [0.4, 0.5) is 0 Å². The van der Waals surface area contributed by atoms with Crippen molar-refractivity contribution in [2.24, 2.45) is 5.92 Å². The Bertz CT molecular complexity index is 126. The van der Waals surface area contributed by atoms with Crippen molar-refractivity contribution < 1.29 is 5.11 Å². The van der Waals surface area contributed by atoms with Gasteiger partial charge in [-0.1, -0.05) is 25.8 Å². The fraction of sp³-hybridized carbons (Fsp3) is 0.800. The van der Waals surface area contributed by atoms with E-state index in [1.54, 1.807) is 0 Å². The molecular formula is C10H18O. The van der Waals surface area contributed by atoms with Gasteiger partial charge in [0.05, 0.1) is 6.61 Å². The zero-order valence-electron chi connectivity index (χ0n) is 7.34. The predicted octanol–water partition coefficient (Wildman–Crippen LogP) is 2.51. The molecule has 0 amide bonds. The normalized spacial score (nSPS) is 21.1. The van der Waals surface area contributed by atoms with Gasteiger partial charge in [-0.3, -0.25) is 0 Å². The highest BCUT2D eigenvalue weighted by Crippen LogP contribution is 2.27. The summed E-state index contributed by atoms with van der Waals surface area (Å²) < 4.78 is 0. The number of rotatable bonds is 3. The van der Waals surface area contributed by atoms with E-state index in [1.165, 1.54) is 31.3 Å². The monoisotopic (exact) mass is 154 g/mol. The van der Waals surface area contributed by atoms with E-state index in [-0.39, 0.29) is 6.61 Å². The summed E-state index contributed by atoms with van der Waals surface area (Å²) >= 11 is 0. The molecule has 0 atom stereocenters. The molecule has 0 unspecified atom stereocenters. The minimum Gasteiger partial charge on any atom is -0.392 e. The lowest BCUT2D eigenvalue weighted by Crippen LogP contribution is -1.94. The molecule has 0 saturated heterocycles. The van der Waals surface area contributed by atoms with Crippen LogP contribution in [0.25, 0.3) is 0 Å². The number of hydrogen-bond acceptors (Lipinski definition) is 1. The van der Waals surface area contributed by atoms with Crippen LogP contribution in [0.2, 0.25) is 0 Å². The highest BCUT2D eigenvalue weighted by molar-refractivity contribution is 5.04. The Kier molecular flexibility index (Phi) is 3.64. The van der Waals surface area contributed by atoms with Crippen LogP contribution in [-0.4, -0.2) is 11.7 Å². The molecule has 64 valence electrons. The van der Waals surface area contributed by atoms with Crippen molar-refractivity contribution in [1.29, 1.82) is 0 Å². The van der Waals surface area contributed by atoms with E-state index >= 15 is 0 Å². The molecule has 1 heteroatoms. The standard InChI is InChI=1S/C10H18O/c1-2-9(8-11)7-10-5-3-4-6-10/h7,10-11H,2-6,8H2,1H3/b9-7+. The second-order valence-electron chi connectivity index (χ2n) is 3.38. The maximum Gasteiger partial charge on any atom is 0.0641 e. The van der Waals surface area contributed by atoms with Crippen molar-refractivity contribution >= 4 is 0 Å². The topological polar surface area (TPSA) is 20.2 Å². The predicted molar refractivity (Wildman–Crippen MR) is 47.4 cm³/mol. The summed E-state index contributed by atoms with van der Waals surface area (Å²) in [6.07, 6.45) is 8.72. The molecule has 0 radical (unpaired) electrons. The SMILES string of the molecule is CC/C(=C\C1CCCC1)CO. The molecule has 0 aromatic carbocycles. The molecule has 1 aliphatic carbocycles. The summed E-state index contributed by atoms with van der Waals surface area (Å²) in [7, 11) is 0. The van der Waals surface area contributed by atoms with E-state index in [9.17, 15) is 0 Å². The van der Waals surface area contributed by atoms with E-state index in [0.717, 1.165) is 12.3 Å². The number of aliphatic hydroxyl groups excluding tert-OH is 1. The molecule has 0 aliphatic heterocycles. The average Bonchev–Trinajstić information content (AvgIpc) is 2.52. The molecule has 1 saturated carbocycles. The van der Waals surface area contributed by atoms with Crippen molar-refractivity contribution in [2.45, 2.75) is 39.0 Å². The molecule has 0 spiro atoms. The molecule has 0 aromatic heterocycles. The van der Waals surface area contributed by atoms with Crippen LogP contribution in [-0.2, 0) is 0 Å². The van der Waals surface area contributed by atoms with Gasteiger partial charge in [-0.15, -0.1) is 0 Å². The Morgan fingerprint density at radius 2 is 2.09 bits per heavy atom. The largest absolute Gasteiger partial charge is 0.392 e. The second kappa shape index (κ2) is 4.55. The van der Waals surface area contributed by atoms with Crippen molar-refractivity contribution in [3.05, 3.63) is 11.6 Å². The maximum absolute atomic E-state index is 8.92. The lowest BCUT2D eigenvalue weighted by atomic mass is 10.0. The van der Waals surface area contributed by atoms with E-state index in [4.69, 9.17) is 5.11 Å². The lowest BCUT2D eigenvalue weighted by molar-refractivity contribution is 0.326. The zero-order valence-corrected chi connectivity index (χ0v) is 7.34. The Labute approximate surface area is 69.1 Å². The fourth-order valence-electron chi connectivity index (χ4n) is 1.74. The van der Waals surface area contributed by atoms with Gasteiger partial charge in [0.1, 0.15) is 0 Å². The third-order valence-electron chi connectivity index (χ3n) is 2.53. The fourth-order valence-corrected chi connectivity index (χ4v) is 1.74. The highest BCUT2D eigenvalue weighted by atomic mass is 16.3. The van der Waals surface area contributed by atoms with Crippen LogP contribution in [0.5, 0.6) is 0 Å². The first-order valence-electron chi connectivity index (χ1n) is 4.67. The van der Waals surface area contributed by atoms with Crippen LogP contribution in [0.3, 0.4) is 0 Å². The molecular weight excluding hydrogens is 136 g/mol. The Hall–Kier alpha value is -0.300. The molecule has 1 nitrogen and oxygen atoms in total. The first-order valence-corrected chi connectivity index (χ1v) is 4.67. The van der Waals surface area contributed by atoms with Crippen LogP contribution < -0.4 is 0 Å². The quantitative estimate of drug-likeness (QED) is 0.619. The third kappa shape index (κ3) is 2.66. The smallest absolute Gasteiger partial charge is 0.0641 e. The lowest BCUT2D eigenvalue weighted by Gasteiger charge is -2.04. The maximum atomic E-state index is 8.92. The summed E-state index contributed by atoms with van der Waals surface area (Å²) in [5.74, 6) is 0.775. The van der Waals surface area contributed by atoms with Crippen molar-refractivity contribution in [3.63, 3.8) is 0 Å². The Morgan fingerprint density at radius 1 is 1.45 bits per heavy atom. The molecule has 1 rings (SSSR count). The van der Waals surface area contributed by atoms with Crippen LogP contribution in [0.15, 0.2) is 11.6 Å². The van der Waals surface area contributed by atoms with Gasteiger partial charge in [-0.25, -0.2) is 0 Å². The van der Waals surface area contributed by atoms with Gasteiger partial charge < -0.3 is 5.11 Å². The van der Waals surface area contributed by atoms with Gasteiger partial charge in [0.25, 0.3) is 0 Å². The first-order chi connectivity index (χ1) is 5.36. The molecule has 0 bridgehead atoms. The van der Waals surface area contributed by atoms with Gasteiger partial charge >= 0.3 is 0 Å². The van der Waals surface area contributed by atoms with Crippen LogP contribution >= 0.6 is 0 Å². The van der Waals surface area contributed by atoms with Gasteiger partial charge in [-0.05, 0) is 30.8 Å². The minimum absolute atomic E-state index is 0.257. The third-order valence-corrected chi connectivity index (χ3v) is 2.53. The van der Waals surface area contributed by atoms with Gasteiger partial charge in [-0.2, -0.15) is 0 Å². The van der Waals surface area contributed by atoms with Gasteiger partial charge in [0, 0.05) is 0 Å². The van der Waals surface area contributed by atoms with Crippen LogP contribution in [0, 0.1) is 5.92 Å². The summed E-state index contributed by atoms with van der Waals surface area (Å²) in [4.78, 5) is 0. The molecule has 0 heterocycles. The van der Waals surface area contributed by atoms with Gasteiger partial charge in [0.15, 0.2) is 0 Å². The van der Waals surface area contributed by atoms with Crippen molar-refractivity contribution in [2.75, 3.05) is 6.61 Å². The minimum atomic E-state index is 0.257. The summed E-state index contributed by atoms with van der Waals surface area (Å²) in [5, 5.41) is 8.92. The van der Waals surface area contributed by atoms with E-state index < -0.39 is 0 Å². The van der Waals surface area contributed by atoms with Crippen molar-refractivity contribution in [1.82, 2.24) is 0 Å². The molecule has 0 aromatic rings. The van der Waals surface area contributed by atoms with E-state index in [1.807, 2.05) is 0 Å². The van der Waals surface area contributed by atoms with Crippen LogP contribution in [0.1, 0.15) is 39.0 Å². The summed E-state index contributed by atoms with van der Waals surface area (Å²) in [6, 6.07) is 0. The van der Waals surface area contributed by atoms with E-state index in [0.29, 0.717) is 0 Å². The molecule has 1 N–H and O–H groups in total. The molecule has 1 aliphatic rings. The zero-order chi connectivity index (χ0) is 8.10. The van der Waals surface area contributed by atoms with E-state index in [2.05, 4.69) is 13.0 Å². The number of aliphatic hydroxyl groups is 1. The molecule has 1 fully saturated rings. The highest BCUT2D eigenvalue weighted by Gasteiger charge is 2.12. The number of allylic oxidation sites excluding steroid dienone is 1. The van der Waals surface area contributed by atoms with Gasteiger partial charge in [0.2, 0.25) is 0 Å². The average molecular weight is 154 g/mol. The summed E-state index contributed by atoms with van der Waals surface area (Å²) in [5.41, 5.74) is 1.22. The second-order valence-corrected chi connectivity index (χ2v) is 3.38. The first kappa shape index (κ1) is 8.79. The van der Waals surface area contributed by atoms with Crippen molar-refractivity contribution in [3.8, 4) is 0 Å². The number of hydrogen-bond donors (Lipinski definition) is 1. The Morgan fingerprint density at radius 3 is 2.55 bits per heavy atom. The Balaban J connectivity index is 2.40. The summed E-state index contributed by atoms with van der Waals surface area (Å²) in [6.45, 7) is 2.37.